The molecule has 0 spiro atoms. The number of halogens is 4. The zero-order chi connectivity index (χ0) is 19.3. The van der Waals surface area contributed by atoms with Gasteiger partial charge in [0.1, 0.15) is 5.75 Å². The number of hydrogen-bond donors (Lipinski definition) is 2. The molecule has 0 atom stereocenters. The third-order valence-corrected chi connectivity index (χ3v) is 3.71. The Morgan fingerprint density at radius 3 is 2.62 bits per heavy atom. The van der Waals surface area contributed by atoms with Crippen molar-refractivity contribution in [2.24, 2.45) is 0 Å². The molecule has 9 heteroatoms. The predicted octanol–water partition coefficient (Wildman–Crippen LogP) is 4.88. The van der Waals surface area contributed by atoms with Gasteiger partial charge < -0.3 is 10.1 Å². The number of alkyl halides is 3. The molecule has 2 rings (SSSR count). The fraction of sp³-hybridized carbons (Fsp3) is 0.176. The standard InChI is InChI=1S/C17H14ClF3N2O2S/c1-2-25-12-5-3-4-10(8-12)15(24)23-16(26)22-14-9-11(17(19,20)21)6-7-13(14)18/h3-9H,2H2,1H3,(H2,22,23,24,26). The molecule has 26 heavy (non-hydrogen) atoms. The monoisotopic (exact) mass is 402 g/mol. The Hall–Kier alpha value is -2.32. The summed E-state index contributed by atoms with van der Waals surface area (Å²) in [5.41, 5.74) is -0.659. The molecule has 2 aromatic carbocycles. The molecule has 0 saturated heterocycles. The third-order valence-electron chi connectivity index (χ3n) is 3.18. The summed E-state index contributed by atoms with van der Waals surface area (Å²) in [5, 5.41) is 4.74. The Balaban J connectivity index is 2.09. The predicted molar refractivity (Wildman–Crippen MR) is 97.8 cm³/mol. The van der Waals surface area contributed by atoms with Crippen LogP contribution in [0, 0.1) is 0 Å². The Morgan fingerprint density at radius 1 is 1.23 bits per heavy atom. The topological polar surface area (TPSA) is 50.4 Å². The number of thiocarbonyl (C=S) groups is 1. The number of hydrogen-bond acceptors (Lipinski definition) is 3. The SMILES string of the molecule is CCOc1cccc(C(=O)NC(=S)Nc2cc(C(F)(F)F)ccc2Cl)c1. The number of amides is 1. The summed E-state index contributed by atoms with van der Waals surface area (Å²) >= 11 is 10.9. The van der Waals surface area contributed by atoms with Crippen molar-refractivity contribution in [3.8, 4) is 5.75 Å². The molecule has 0 bridgehead atoms. The van der Waals surface area contributed by atoms with E-state index >= 15 is 0 Å². The second-order valence-electron chi connectivity index (χ2n) is 5.06. The van der Waals surface area contributed by atoms with Crippen molar-refractivity contribution in [3.05, 3.63) is 58.6 Å². The number of ether oxygens (including phenoxy) is 1. The van der Waals surface area contributed by atoms with Crippen LogP contribution in [0.1, 0.15) is 22.8 Å². The van der Waals surface area contributed by atoms with Crippen LogP contribution in [-0.4, -0.2) is 17.6 Å². The van der Waals surface area contributed by atoms with E-state index in [-0.39, 0.29) is 21.4 Å². The van der Waals surface area contributed by atoms with Gasteiger partial charge >= 0.3 is 6.18 Å². The van der Waals surface area contributed by atoms with Crippen LogP contribution in [0.4, 0.5) is 18.9 Å². The van der Waals surface area contributed by atoms with Crippen LogP contribution in [0.3, 0.4) is 0 Å². The van der Waals surface area contributed by atoms with Crippen LogP contribution in [0.25, 0.3) is 0 Å². The van der Waals surface area contributed by atoms with E-state index in [1.54, 1.807) is 18.2 Å². The molecule has 0 aliphatic rings. The van der Waals surface area contributed by atoms with Gasteiger partial charge in [0.15, 0.2) is 5.11 Å². The van der Waals surface area contributed by atoms with Crippen molar-refractivity contribution in [3.63, 3.8) is 0 Å². The van der Waals surface area contributed by atoms with E-state index in [9.17, 15) is 18.0 Å². The molecule has 0 aliphatic carbocycles. The smallest absolute Gasteiger partial charge is 0.416 e. The second-order valence-corrected chi connectivity index (χ2v) is 5.88. The van der Waals surface area contributed by atoms with Gasteiger partial charge in [0.05, 0.1) is 22.9 Å². The van der Waals surface area contributed by atoms with E-state index in [0.717, 1.165) is 18.2 Å². The molecular weight excluding hydrogens is 389 g/mol. The van der Waals surface area contributed by atoms with Crippen LogP contribution in [0.5, 0.6) is 5.75 Å². The molecule has 1 amide bonds. The van der Waals surface area contributed by atoms with Crippen molar-refractivity contribution >= 4 is 40.5 Å². The molecule has 0 radical (unpaired) electrons. The summed E-state index contributed by atoms with van der Waals surface area (Å²) in [4.78, 5) is 12.2. The van der Waals surface area contributed by atoms with Crippen LogP contribution >= 0.6 is 23.8 Å². The van der Waals surface area contributed by atoms with Gasteiger partial charge in [-0.05, 0) is 55.5 Å². The minimum atomic E-state index is -4.52. The van der Waals surface area contributed by atoms with E-state index in [0.29, 0.717) is 12.4 Å². The first-order valence-electron chi connectivity index (χ1n) is 7.42. The lowest BCUT2D eigenvalue weighted by atomic mass is 10.2. The Kier molecular flexibility index (Phi) is 6.44. The molecular formula is C17H14ClF3N2O2S. The zero-order valence-electron chi connectivity index (χ0n) is 13.5. The second kappa shape index (κ2) is 8.37. The van der Waals surface area contributed by atoms with Gasteiger partial charge in [-0.3, -0.25) is 10.1 Å². The number of rotatable bonds is 4. The minimum Gasteiger partial charge on any atom is -0.494 e. The van der Waals surface area contributed by atoms with Gasteiger partial charge in [0.25, 0.3) is 5.91 Å². The van der Waals surface area contributed by atoms with E-state index in [1.165, 1.54) is 6.07 Å². The number of nitrogens with one attached hydrogen (secondary N) is 2. The minimum absolute atomic E-state index is 0.0351. The molecule has 138 valence electrons. The molecule has 0 unspecified atom stereocenters. The molecule has 0 aromatic heterocycles. The molecule has 0 aliphatic heterocycles. The van der Waals surface area contributed by atoms with E-state index in [4.69, 9.17) is 28.6 Å². The highest BCUT2D eigenvalue weighted by atomic mass is 35.5. The van der Waals surface area contributed by atoms with Gasteiger partial charge in [0, 0.05) is 5.56 Å². The van der Waals surface area contributed by atoms with E-state index in [1.807, 2.05) is 6.92 Å². The highest BCUT2D eigenvalue weighted by Crippen LogP contribution is 2.33. The van der Waals surface area contributed by atoms with Gasteiger partial charge in [-0.15, -0.1) is 0 Å². The zero-order valence-corrected chi connectivity index (χ0v) is 15.1. The van der Waals surface area contributed by atoms with Crippen LogP contribution < -0.4 is 15.4 Å². The number of anilines is 1. The van der Waals surface area contributed by atoms with Crippen LogP contribution in [0.2, 0.25) is 5.02 Å². The average molecular weight is 403 g/mol. The number of benzene rings is 2. The van der Waals surface area contributed by atoms with Crippen molar-refractivity contribution < 1.29 is 22.7 Å². The highest BCUT2D eigenvalue weighted by molar-refractivity contribution is 7.80. The molecule has 2 aromatic rings. The number of carbonyl (C=O) groups excluding carboxylic acids is 1. The first-order valence-corrected chi connectivity index (χ1v) is 8.21. The first kappa shape index (κ1) is 20.0. The molecule has 4 nitrogen and oxygen atoms in total. The summed E-state index contributed by atoms with van der Waals surface area (Å²) in [7, 11) is 0. The van der Waals surface area contributed by atoms with Crippen molar-refractivity contribution in [1.82, 2.24) is 5.32 Å². The van der Waals surface area contributed by atoms with Crippen LogP contribution in [-0.2, 0) is 6.18 Å². The maximum atomic E-state index is 12.8. The summed E-state index contributed by atoms with van der Waals surface area (Å²) in [5.74, 6) is -0.0212. The van der Waals surface area contributed by atoms with Crippen molar-refractivity contribution in [1.29, 1.82) is 0 Å². The summed E-state index contributed by atoms with van der Waals surface area (Å²) in [6.45, 7) is 2.25. The lowest BCUT2D eigenvalue weighted by Crippen LogP contribution is -2.34. The Bertz CT molecular complexity index is 828. The molecule has 0 fully saturated rings. The highest BCUT2D eigenvalue weighted by Gasteiger charge is 2.31. The quantitative estimate of drug-likeness (QED) is 0.715. The maximum absolute atomic E-state index is 12.8. The molecule has 0 saturated carbocycles. The Labute approximate surface area is 158 Å². The lowest BCUT2D eigenvalue weighted by Gasteiger charge is -2.14. The van der Waals surface area contributed by atoms with Crippen LogP contribution in [0.15, 0.2) is 42.5 Å². The number of carbonyl (C=O) groups is 1. The fourth-order valence-corrected chi connectivity index (χ4v) is 2.39. The summed E-state index contributed by atoms with van der Waals surface area (Å²) in [6, 6.07) is 9.18. The lowest BCUT2D eigenvalue weighted by molar-refractivity contribution is -0.137. The average Bonchev–Trinajstić information content (AvgIpc) is 2.56. The van der Waals surface area contributed by atoms with Gasteiger partial charge in [-0.2, -0.15) is 13.2 Å². The van der Waals surface area contributed by atoms with Gasteiger partial charge in [-0.25, -0.2) is 0 Å². The maximum Gasteiger partial charge on any atom is 0.416 e. The Morgan fingerprint density at radius 2 is 1.96 bits per heavy atom. The van der Waals surface area contributed by atoms with Gasteiger partial charge in [0.2, 0.25) is 0 Å². The van der Waals surface area contributed by atoms with Gasteiger partial charge in [-0.1, -0.05) is 17.7 Å². The molecule has 2 N–H and O–H groups in total. The summed E-state index contributed by atoms with van der Waals surface area (Å²) in [6.07, 6.45) is -4.52. The first-order chi connectivity index (χ1) is 12.2. The van der Waals surface area contributed by atoms with Crippen molar-refractivity contribution in [2.75, 3.05) is 11.9 Å². The largest absolute Gasteiger partial charge is 0.494 e. The van der Waals surface area contributed by atoms with Crippen molar-refractivity contribution in [2.45, 2.75) is 13.1 Å². The molecule has 0 heterocycles. The third kappa shape index (κ3) is 5.34. The summed E-state index contributed by atoms with van der Waals surface area (Å²) < 4.78 is 43.7. The van der Waals surface area contributed by atoms with E-state index < -0.39 is 17.6 Å². The normalized spacial score (nSPS) is 11.0. The fourth-order valence-electron chi connectivity index (χ4n) is 2.02. The van der Waals surface area contributed by atoms with E-state index in [2.05, 4.69) is 10.6 Å².